The average molecular weight is 463 g/mol. The number of ether oxygens (including phenoxy) is 2. The number of nitrogens with zero attached hydrogens (tertiary/aromatic N) is 1. The van der Waals surface area contributed by atoms with Crippen molar-refractivity contribution in [3.05, 3.63) is 87.4 Å². The van der Waals surface area contributed by atoms with Crippen LogP contribution in [0.15, 0.2) is 66.7 Å². The molecule has 0 N–H and O–H groups in total. The van der Waals surface area contributed by atoms with Crippen LogP contribution in [0, 0.1) is 0 Å². The highest BCUT2D eigenvalue weighted by Crippen LogP contribution is 2.43. The zero-order valence-electron chi connectivity index (χ0n) is 16.0. The van der Waals surface area contributed by atoms with E-state index in [1.165, 1.54) is 0 Å². The lowest BCUT2D eigenvalue weighted by Crippen LogP contribution is -2.61. The molecule has 0 saturated carbocycles. The molecule has 0 unspecified atom stereocenters. The zero-order valence-corrected chi connectivity index (χ0v) is 18.3. The molecule has 2 atom stereocenters. The standard InChI is InChI=1S/C23H18Cl3NO3/c1-2-29-18-10-3-14(4-11-18)21-22(30-20-12-7-16(25)13-19(20)26)23(28)27(21)17-8-5-15(24)6-9-17/h3-13,21-22H,2H2,1H3/t21-,22+/m1/s1. The maximum atomic E-state index is 13.1. The van der Waals surface area contributed by atoms with Gasteiger partial charge in [0, 0.05) is 15.7 Å². The molecule has 1 aliphatic rings. The van der Waals surface area contributed by atoms with E-state index < -0.39 is 6.10 Å². The van der Waals surface area contributed by atoms with Gasteiger partial charge in [-0.2, -0.15) is 0 Å². The number of amides is 1. The normalized spacial score (nSPS) is 18.1. The molecule has 1 fully saturated rings. The maximum Gasteiger partial charge on any atom is 0.271 e. The molecule has 1 heterocycles. The quantitative estimate of drug-likeness (QED) is 0.388. The van der Waals surface area contributed by atoms with E-state index in [-0.39, 0.29) is 11.9 Å². The lowest BCUT2D eigenvalue weighted by Gasteiger charge is -2.46. The average Bonchev–Trinajstić information content (AvgIpc) is 2.73. The summed E-state index contributed by atoms with van der Waals surface area (Å²) in [5.74, 6) is 1.01. The van der Waals surface area contributed by atoms with Crippen molar-refractivity contribution in [1.82, 2.24) is 0 Å². The van der Waals surface area contributed by atoms with Gasteiger partial charge in [0.25, 0.3) is 5.91 Å². The number of carbonyl (C=O) groups is 1. The molecule has 0 aromatic heterocycles. The summed E-state index contributed by atoms with van der Waals surface area (Å²) in [6.45, 7) is 2.51. The molecule has 0 radical (unpaired) electrons. The van der Waals surface area contributed by atoms with E-state index in [1.807, 2.05) is 43.3 Å². The number of benzene rings is 3. The Kier molecular flexibility index (Phi) is 6.09. The van der Waals surface area contributed by atoms with Gasteiger partial charge in [0.15, 0.2) is 0 Å². The van der Waals surface area contributed by atoms with Gasteiger partial charge in [-0.15, -0.1) is 0 Å². The molecule has 7 heteroatoms. The predicted molar refractivity (Wildman–Crippen MR) is 120 cm³/mol. The summed E-state index contributed by atoms with van der Waals surface area (Å²) in [4.78, 5) is 14.8. The van der Waals surface area contributed by atoms with Crippen LogP contribution in [-0.2, 0) is 4.79 Å². The van der Waals surface area contributed by atoms with Crippen molar-refractivity contribution in [3.8, 4) is 11.5 Å². The van der Waals surface area contributed by atoms with E-state index in [0.29, 0.717) is 27.4 Å². The lowest BCUT2D eigenvalue weighted by molar-refractivity contribution is -0.135. The third kappa shape index (κ3) is 4.08. The SMILES string of the molecule is CCOc1ccc([C@@H]2[C@H](Oc3ccc(Cl)cc3Cl)C(=O)N2c2ccc(Cl)cc2)cc1. The second-order valence-electron chi connectivity index (χ2n) is 6.74. The Morgan fingerprint density at radius 3 is 2.20 bits per heavy atom. The van der Waals surface area contributed by atoms with Crippen molar-refractivity contribution >= 4 is 46.4 Å². The van der Waals surface area contributed by atoms with E-state index in [9.17, 15) is 4.79 Å². The van der Waals surface area contributed by atoms with Gasteiger partial charge >= 0.3 is 0 Å². The number of hydrogen-bond acceptors (Lipinski definition) is 3. The van der Waals surface area contributed by atoms with Crippen molar-refractivity contribution in [2.75, 3.05) is 11.5 Å². The molecule has 3 aromatic rings. The second-order valence-corrected chi connectivity index (χ2v) is 8.02. The van der Waals surface area contributed by atoms with Crippen LogP contribution in [0.2, 0.25) is 15.1 Å². The lowest BCUT2D eigenvalue weighted by atomic mass is 9.89. The Hall–Kier alpha value is -2.40. The molecular weight excluding hydrogens is 445 g/mol. The van der Waals surface area contributed by atoms with Crippen LogP contribution in [0.1, 0.15) is 18.5 Å². The van der Waals surface area contributed by atoms with E-state index in [0.717, 1.165) is 17.0 Å². The summed E-state index contributed by atoms with van der Waals surface area (Å²) in [5.41, 5.74) is 1.66. The first-order valence-electron chi connectivity index (χ1n) is 9.41. The Morgan fingerprint density at radius 2 is 1.57 bits per heavy atom. The van der Waals surface area contributed by atoms with Gasteiger partial charge in [0.2, 0.25) is 6.10 Å². The minimum Gasteiger partial charge on any atom is -0.494 e. The van der Waals surface area contributed by atoms with E-state index >= 15 is 0 Å². The minimum atomic E-state index is -0.725. The summed E-state index contributed by atoms with van der Waals surface area (Å²) in [5, 5.41) is 1.45. The summed E-state index contributed by atoms with van der Waals surface area (Å²) < 4.78 is 11.6. The summed E-state index contributed by atoms with van der Waals surface area (Å²) in [6, 6.07) is 19.4. The van der Waals surface area contributed by atoms with E-state index in [1.54, 1.807) is 35.2 Å². The Labute approximate surface area is 189 Å². The fourth-order valence-corrected chi connectivity index (χ4v) is 4.01. The van der Waals surface area contributed by atoms with Gasteiger partial charge in [0.05, 0.1) is 11.6 Å². The molecule has 1 amide bonds. The third-order valence-electron chi connectivity index (χ3n) is 4.83. The zero-order chi connectivity index (χ0) is 21.3. The van der Waals surface area contributed by atoms with Crippen LogP contribution < -0.4 is 14.4 Å². The molecule has 30 heavy (non-hydrogen) atoms. The third-order valence-corrected chi connectivity index (χ3v) is 5.61. The molecule has 4 nitrogen and oxygen atoms in total. The van der Waals surface area contributed by atoms with Gasteiger partial charge in [0.1, 0.15) is 17.5 Å². The Balaban J connectivity index is 1.67. The monoisotopic (exact) mass is 461 g/mol. The summed E-state index contributed by atoms with van der Waals surface area (Å²) >= 11 is 18.2. The highest BCUT2D eigenvalue weighted by atomic mass is 35.5. The van der Waals surface area contributed by atoms with Crippen LogP contribution in [0.25, 0.3) is 0 Å². The highest BCUT2D eigenvalue weighted by molar-refractivity contribution is 6.35. The van der Waals surface area contributed by atoms with Gasteiger partial charge in [-0.05, 0) is 67.1 Å². The van der Waals surface area contributed by atoms with Crippen LogP contribution in [-0.4, -0.2) is 18.6 Å². The molecule has 0 aliphatic carbocycles. The number of halogens is 3. The van der Waals surface area contributed by atoms with Gasteiger partial charge in [-0.3, -0.25) is 9.69 Å². The van der Waals surface area contributed by atoms with Gasteiger partial charge in [-0.25, -0.2) is 0 Å². The summed E-state index contributed by atoms with van der Waals surface area (Å²) in [7, 11) is 0. The molecule has 4 rings (SSSR count). The largest absolute Gasteiger partial charge is 0.494 e. The number of hydrogen-bond donors (Lipinski definition) is 0. The topological polar surface area (TPSA) is 38.8 Å². The Bertz CT molecular complexity index is 1050. The molecule has 0 bridgehead atoms. The molecular formula is C23H18Cl3NO3. The van der Waals surface area contributed by atoms with Crippen molar-refractivity contribution in [2.45, 2.75) is 19.1 Å². The predicted octanol–water partition coefficient (Wildman–Crippen LogP) is 6.58. The van der Waals surface area contributed by atoms with Gasteiger partial charge < -0.3 is 9.47 Å². The minimum absolute atomic E-state index is 0.165. The number of β-lactam (4-membered cyclic amide) rings is 1. The Morgan fingerprint density at radius 1 is 0.900 bits per heavy atom. The van der Waals surface area contributed by atoms with Crippen LogP contribution in [0.5, 0.6) is 11.5 Å². The second kappa shape index (κ2) is 8.76. The fourth-order valence-electron chi connectivity index (χ4n) is 3.43. The smallest absolute Gasteiger partial charge is 0.271 e. The van der Waals surface area contributed by atoms with E-state index in [4.69, 9.17) is 44.3 Å². The molecule has 3 aromatic carbocycles. The van der Waals surface area contributed by atoms with Crippen molar-refractivity contribution in [1.29, 1.82) is 0 Å². The van der Waals surface area contributed by atoms with E-state index in [2.05, 4.69) is 0 Å². The first-order valence-corrected chi connectivity index (χ1v) is 10.5. The van der Waals surface area contributed by atoms with Crippen LogP contribution >= 0.6 is 34.8 Å². The molecule has 1 aliphatic heterocycles. The van der Waals surface area contributed by atoms with Crippen LogP contribution in [0.3, 0.4) is 0 Å². The van der Waals surface area contributed by atoms with Crippen LogP contribution in [0.4, 0.5) is 5.69 Å². The molecule has 0 spiro atoms. The van der Waals surface area contributed by atoms with Gasteiger partial charge in [-0.1, -0.05) is 46.9 Å². The number of carbonyl (C=O) groups excluding carboxylic acids is 1. The molecule has 1 saturated heterocycles. The fraction of sp³-hybridized carbons (Fsp3) is 0.174. The van der Waals surface area contributed by atoms with Crippen molar-refractivity contribution in [2.24, 2.45) is 0 Å². The first-order chi connectivity index (χ1) is 14.5. The highest BCUT2D eigenvalue weighted by Gasteiger charge is 2.51. The number of rotatable bonds is 6. The maximum absolute atomic E-state index is 13.1. The number of anilines is 1. The summed E-state index contributed by atoms with van der Waals surface area (Å²) in [6.07, 6.45) is -0.725. The molecule has 154 valence electrons. The first kappa shape index (κ1) is 20.9. The van der Waals surface area contributed by atoms with Crippen molar-refractivity contribution < 1.29 is 14.3 Å². The van der Waals surface area contributed by atoms with Crippen molar-refractivity contribution in [3.63, 3.8) is 0 Å².